The summed E-state index contributed by atoms with van der Waals surface area (Å²) in [6, 6.07) is 0. The van der Waals surface area contributed by atoms with Gasteiger partial charge in [0.2, 0.25) is 0 Å². The molecule has 0 atom stereocenters. The highest BCUT2D eigenvalue weighted by molar-refractivity contribution is 6.33. The fraction of sp³-hybridized carbons (Fsp3) is 0. The van der Waals surface area contributed by atoms with E-state index in [1.807, 2.05) is 0 Å². The zero-order valence-electron chi connectivity index (χ0n) is 5.26. The summed E-state index contributed by atoms with van der Waals surface area (Å²) in [7, 11) is 0. The highest BCUT2D eigenvalue weighted by Gasteiger charge is 2.06. The molecule has 0 aliphatic heterocycles. The Balaban J connectivity index is 3.08. The number of aromatic nitrogens is 4. The van der Waals surface area contributed by atoms with Gasteiger partial charge in [-0.2, -0.15) is 5.10 Å². The first kappa shape index (κ1) is 6.36. The molecule has 0 radical (unpaired) electrons. The highest BCUT2D eigenvalue weighted by atomic mass is 35.5. The second-order valence-corrected chi connectivity index (χ2v) is 2.35. The Morgan fingerprint density at radius 1 is 1.55 bits per heavy atom. The Hall–Kier alpha value is -1.36. The maximum absolute atomic E-state index is 11.0. The van der Waals surface area contributed by atoms with Gasteiger partial charge < -0.3 is 4.98 Å². The lowest BCUT2D eigenvalue weighted by Crippen LogP contribution is -2.04. The molecule has 0 unspecified atom stereocenters. The van der Waals surface area contributed by atoms with Crippen molar-refractivity contribution < 1.29 is 0 Å². The molecule has 2 rings (SSSR count). The zero-order valence-corrected chi connectivity index (χ0v) is 6.01. The van der Waals surface area contributed by atoms with E-state index >= 15 is 0 Å². The second kappa shape index (κ2) is 2.06. The summed E-state index contributed by atoms with van der Waals surface area (Å²) in [4.78, 5) is 17.2. The first-order chi connectivity index (χ1) is 5.29. The molecule has 2 aromatic heterocycles. The third-order valence-electron chi connectivity index (χ3n) is 1.31. The predicted molar refractivity (Wildman–Crippen MR) is 39.5 cm³/mol. The second-order valence-electron chi connectivity index (χ2n) is 1.97. The lowest BCUT2D eigenvalue weighted by molar-refractivity contribution is 1.08. The lowest BCUT2D eigenvalue weighted by atomic mass is 10.4. The summed E-state index contributed by atoms with van der Waals surface area (Å²) in [6.45, 7) is 0. The molecule has 0 fully saturated rings. The number of H-pyrrole nitrogens is 2. The lowest BCUT2D eigenvalue weighted by Gasteiger charge is -1.82. The van der Waals surface area contributed by atoms with Crippen LogP contribution in [0.2, 0.25) is 5.15 Å². The number of hydrogen-bond acceptors (Lipinski definition) is 3. The minimum Gasteiger partial charge on any atom is -0.312 e. The Morgan fingerprint density at radius 3 is 3.09 bits per heavy atom. The van der Waals surface area contributed by atoms with Crippen LogP contribution in [0.15, 0.2) is 11.1 Å². The van der Waals surface area contributed by atoms with E-state index in [0.717, 1.165) is 0 Å². The number of aromatic amines is 2. The van der Waals surface area contributed by atoms with Crippen LogP contribution in [0.5, 0.6) is 0 Å². The quantitative estimate of drug-likeness (QED) is 0.597. The first-order valence-electron chi connectivity index (χ1n) is 2.86. The van der Waals surface area contributed by atoms with Crippen LogP contribution < -0.4 is 5.56 Å². The van der Waals surface area contributed by atoms with Gasteiger partial charge in [0.15, 0.2) is 5.65 Å². The molecule has 2 aromatic rings. The molecule has 5 nitrogen and oxygen atoms in total. The third-order valence-corrected chi connectivity index (χ3v) is 1.59. The van der Waals surface area contributed by atoms with Gasteiger partial charge in [-0.25, -0.2) is 4.98 Å². The molecule has 2 N–H and O–H groups in total. The van der Waals surface area contributed by atoms with E-state index in [2.05, 4.69) is 20.2 Å². The maximum atomic E-state index is 11.0. The van der Waals surface area contributed by atoms with Crippen LogP contribution in [-0.4, -0.2) is 20.2 Å². The molecule has 0 saturated heterocycles. The molecular weight excluding hydrogens is 168 g/mol. The average Bonchev–Trinajstić information content (AvgIpc) is 2.34. The van der Waals surface area contributed by atoms with Gasteiger partial charge in [0, 0.05) is 0 Å². The number of rotatable bonds is 0. The molecule has 11 heavy (non-hydrogen) atoms. The Morgan fingerprint density at radius 2 is 2.36 bits per heavy atom. The first-order valence-corrected chi connectivity index (χ1v) is 3.24. The molecule has 0 aliphatic rings. The van der Waals surface area contributed by atoms with Crippen LogP contribution in [0.25, 0.3) is 11.0 Å². The van der Waals surface area contributed by atoms with Crippen molar-refractivity contribution in [2.45, 2.75) is 0 Å². The number of hydrogen-bond donors (Lipinski definition) is 2. The van der Waals surface area contributed by atoms with Gasteiger partial charge in [-0.3, -0.25) is 9.89 Å². The maximum Gasteiger partial charge on any atom is 0.263 e. The minimum atomic E-state index is -0.284. The summed E-state index contributed by atoms with van der Waals surface area (Å²) >= 11 is 5.60. The van der Waals surface area contributed by atoms with Gasteiger partial charge in [-0.05, 0) is 0 Å². The summed E-state index contributed by atoms with van der Waals surface area (Å²) in [5.41, 5.74) is 0.0486. The highest BCUT2D eigenvalue weighted by Crippen LogP contribution is 2.12. The summed E-state index contributed by atoms with van der Waals surface area (Å²) in [5, 5.41) is 6.66. The molecule has 0 aromatic carbocycles. The minimum absolute atomic E-state index is 0.217. The normalized spacial score (nSPS) is 10.6. The van der Waals surface area contributed by atoms with Crippen molar-refractivity contribution in [1.82, 2.24) is 20.2 Å². The smallest absolute Gasteiger partial charge is 0.263 e. The fourth-order valence-corrected chi connectivity index (χ4v) is 1.04. The molecular formula is C5H3ClN4O. The zero-order chi connectivity index (χ0) is 7.84. The molecule has 0 amide bonds. The molecule has 0 saturated carbocycles. The molecule has 2 heterocycles. The van der Waals surface area contributed by atoms with Crippen molar-refractivity contribution in [3.8, 4) is 0 Å². The number of nitrogens with one attached hydrogen (secondary N) is 2. The Bertz CT molecular complexity index is 445. The summed E-state index contributed by atoms with van der Waals surface area (Å²) in [6.07, 6.45) is 1.28. The van der Waals surface area contributed by atoms with Gasteiger partial charge in [-0.15, -0.1) is 0 Å². The van der Waals surface area contributed by atoms with Crippen molar-refractivity contribution in [3.63, 3.8) is 0 Å². The molecule has 0 bridgehead atoms. The average molecular weight is 171 g/mol. The Labute approximate surface area is 65.4 Å². The van der Waals surface area contributed by atoms with Crippen molar-refractivity contribution in [1.29, 1.82) is 0 Å². The molecule has 6 heteroatoms. The van der Waals surface area contributed by atoms with E-state index in [1.165, 1.54) is 6.33 Å². The summed E-state index contributed by atoms with van der Waals surface area (Å²) in [5.74, 6) is 0. The van der Waals surface area contributed by atoms with E-state index in [9.17, 15) is 4.79 Å². The van der Waals surface area contributed by atoms with Crippen LogP contribution in [0.3, 0.4) is 0 Å². The van der Waals surface area contributed by atoms with Crippen LogP contribution in [0.1, 0.15) is 0 Å². The van der Waals surface area contributed by atoms with Crippen molar-refractivity contribution >= 4 is 22.6 Å². The van der Waals surface area contributed by atoms with Gasteiger partial charge in [0.25, 0.3) is 5.56 Å². The SMILES string of the molecule is O=c1[nH]cnc2n[nH]c(Cl)c12. The summed E-state index contributed by atoms with van der Waals surface area (Å²) < 4.78 is 0. The van der Waals surface area contributed by atoms with Crippen molar-refractivity contribution in [3.05, 3.63) is 21.8 Å². The van der Waals surface area contributed by atoms with E-state index in [4.69, 9.17) is 11.6 Å². The van der Waals surface area contributed by atoms with E-state index in [1.54, 1.807) is 0 Å². The predicted octanol–water partition coefficient (Wildman–Crippen LogP) is 0.300. The van der Waals surface area contributed by atoms with Gasteiger partial charge in [0.05, 0.1) is 6.33 Å². The largest absolute Gasteiger partial charge is 0.312 e. The van der Waals surface area contributed by atoms with Crippen molar-refractivity contribution in [2.24, 2.45) is 0 Å². The van der Waals surface area contributed by atoms with E-state index in [0.29, 0.717) is 11.0 Å². The van der Waals surface area contributed by atoms with Crippen LogP contribution >= 0.6 is 11.6 Å². The van der Waals surface area contributed by atoms with E-state index in [-0.39, 0.29) is 10.7 Å². The topological polar surface area (TPSA) is 74.4 Å². The number of fused-ring (bicyclic) bond motifs is 1. The fourth-order valence-electron chi connectivity index (χ4n) is 0.831. The van der Waals surface area contributed by atoms with Gasteiger partial charge in [-0.1, -0.05) is 11.6 Å². The molecule has 56 valence electrons. The molecule has 0 spiro atoms. The molecule has 0 aliphatic carbocycles. The van der Waals surface area contributed by atoms with Crippen LogP contribution in [0.4, 0.5) is 0 Å². The van der Waals surface area contributed by atoms with Gasteiger partial charge >= 0.3 is 0 Å². The van der Waals surface area contributed by atoms with Crippen LogP contribution in [-0.2, 0) is 0 Å². The van der Waals surface area contributed by atoms with Crippen molar-refractivity contribution in [2.75, 3.05) is 0 Å². The standard InChI is InChI=1S/C5H3ClN4O/c6-3-2-4(10-9-3)7-1-8-5(2)11/h1H,(H2,7,8,9,10,11). The van der Waals surface area contributed by atoms with E-state index < -0.39 is 0 Å². The van der Waals surface area contributed by atoms with Gasteiger partial charge in [0.1, 0.15) is 10.5 Å². The monoisotopic (exact) mass is 170 g/mol. The number of halogens is 1. The number of nitrogens with zero attached hydrogens (tertiary/aromatic N) is 2. The Kier molecular flexibility index (Phi) is 1.19. The van der Waals surface area contributed by atoms with Crippen LogP contribution in [0, 0.1) is 0 Å². The third kappa shape index (κ3) is 0.813.